The van der Waals surface area contributed by atoms with E-state index in [0.29, 0.717) is 36.3 Å². The number of piperidine rings is 1. The summed E-state index contributed by atoms with van der Waals surface area (Å²) in [6.45, 7) is 6.42. The summed E-state index contributed by atoms with van der Waals surface area (Å²) < 4.78 is 16.1. The van der Waals surface area contributed by atoms with Crippen molar-refractivity contribution < 1.29 is 18.8 Å². The van der Waals surface area contributed by atoms with Crippen molar-refractivity contribution in [3.63, 3.8) is 0 Å². The van der Waals surface area contributed by atoms with Crippen LogP contribution >= 0.6 is 0 Å². The van der Waals surface area contributed by atoms with Crippen LogP contribution in [0.1, 0.15) is 38.0 Å². The molecule has 4 rings (SSSR count). The fourth-order valence-electron chi connectivity index (χ4n) is 4.68. The molecule has 1 atom stereocenters. The number of hydrogen-bond donors (Lipinski definition) is 1. The van der Waals surface area contributed by atoms with E-state index in [1.165, 1.54) is 25.9 Å². The van der Waals surface area contributed by atoms with Crippen LogP contribution in [0.2, 0.25) is 0 Å². The predicted molar refractivity (Wildman–Crippen MR) is 124 cm³/mol. The van der Waals surface area contributed by atoms with Crippen molar-refractivity contribution in [1.29, 1.82) is 0 Å². The Labute approximate surface area is 195 Å². The van der Waals surface area contributed by atoms with E-state index in [9.17, 15) is 4.79 Å². The maximum atomic E-state index is 12.7. The van der Waals surface area contributed by atoms with Crippen molar-refractivity contribution in [3.05, 3.63) is 24.1 Å². The standard InChI is InChI=1S/C24H35N5O4/c1-31-20-9-8-18(15-21(20)32-2)23-26-22(33-27-23)17-29-13-5-7-19(16-29)24(30)25-10-6-14-28-11-3-4-12-28/h8-9,15,19H,3-7,10-14,16-17H2,1-2H3,(H,25,30). The van der Waals surface area contributed by atoms with Crippen LogP contribution in [0.25, 0.3) is 11.4 Å². The molecule has 0 bridgehead atoms. The maximum absolute atomic E-state index is 12.7. The molecular weight excluding hydrogens is 422 g/mol. The lowest BCUT2D eigenvalue weighted by molar-refractivity contribution is -0.126. The minimum atomic E-state index is 0.0128. The van der Waals surface area contributed by atoms with E-state index in [4.69, 9.17) is 14.0 Å². The zero-order chi connectivity index (χ0) is 23.0. The van der Waals surface area contributed by atoms with Gasteiger partial charge in [0.05, 0.1) is 26.7 Å². The summed E-state index contributed by atoms with van der Waals surface area (Å²) in [5, 5.41) is 7.27. The summed E-state index contributed by atoms with van der Waals surface area (Å²) in [6, 6.07) is 5.53. The topological polar surface area (TPSA) is 93.0 Å². The zero-order valence-electron chi connectivity index (χ0n) is 19.7. The van der Waals surface area contributed by atoms with Gasteiger partial charge in [-0.05, 0) is 76.5 Å². The first-order chi connectivity index (χ1) is 16.2. The van der Waals surface area contributed by atoms with Crippen LogP contribution < -0.4 is 14.8 Å². The molecule has 180 valence electrons. The number of amides is 1. The maximum Gasteiger partial charge on any atom is 0.241 e. The lowest BCUT2D eigenvalue weighted by atomic mass is 9.97. The van der Waals surface area contributed by atoms with Crippen LogP contribution in [0.4, 0.5) is 0 Å². The highest BCUT2D eigenvalue weighted by Crippen LogP contribution is 2.31. The van der Waals surface area contributed by atoms with E-state index in [1.54, 1.807) is 14.2 Å². The van der Waals surface area contributed by atoms with Crippen LogP contribution in [0, 0.1) is 5.92 Å². The van der Waals surface area contributed by atoms with E-state index in [-0.39, 0.29) is 11.8 Å². The molecule has 2 fully saturated rings. The average molecular weight is 458 g/mol. The van der Waals surface area contributed by atoms with Crippen LogP contribution in [0.5, 0.6) is 11.5 Å². The first-order valence-corrected chi connectivity index (χ1v) is 11.9. The van der Waals surface area contributed by atoms with Gasteiger partial charge in [0.15, 0.2) is 11.5 Å². The van der Waals surface area contributed by atoms with Gasteiger partial charge in [-0.1, -0.05) is 5.16 Å². The molecular formula is C24H35N5O4. The third kappa shape index (κ3) is 6.23. The lowest BCUT2D eigenvalue weighted by Crippen LogP contribution is -2.43. The number of methoxy groups -OCH3 is 2. The Hall–Kier alpha value is -2.65. The van der Waals surface area contributed by atoms with Crippen LogP contribution in [0.3, 0.4) is 0 Å². The van der Waals surface area contributed by atoms with Gasteiger partial charge in [-0.25, -0.2) is 0 Å². The molecule has 0 spiro atoms. The quantitative estimate of drug-likeness (QED) is 0.544. The first kappa shape index (κ1) is 23.5. The molecule has 0 aliphatic carbocycles. The van der Waals surface area contributed by atoms with E-state index < -0.39 is 0 Å². The summed E-state index contributed by atoms with van der Waals surface area (Å²) in [7, 11) is 3.20. The average Bonchev–Trinajstić information content (AvgIpc) is 3.54. The van der Waals surface area contributed by atoms with Gasteiger partial charge in [0.25, 0.3) is 0 Å². The highest BCUT2D eigenvalue weighted by Gasteiger charge is 2.27. The molecule has 1 aromatic heterocycles. The molecule has 9 heteroatoms. The van der Waals surface area contributed by atoms with E-state index >= 15 is 0 Å². The molecule has 2 aliphatic rings. The number of nitrogens with zero attached hydrogens (tertiary/aromatic N) is 4. The second-order valence-corrected chi connectivity index (χ2v) is 8.85. The molecule has 1 aromatic carbocycles. The Bertz CT molecular complexity index is 912. The highest BCUT2D eigenvalue weighted by atomic mass is 16.5. The Balaban J connectivity index is 1.26. The predicted octanol–water partition coefficient (Wildman–Crippen LogP) is 2.57. The minimum absolute atomic E-state index is 0.0128. The number of benzene rings is 1. The normalized spacial score (nSPS) is 19.5. The Morgan fingerprint density at radius 3 is 2.70 bits per heavy atom. The van der Waals surface area contributed by atoms with Crippen molar-refractivity contribution in [2.24, 2.45) is 5.92 Å². The van der Waals surface area contributed by atoms with E-state index in [0.717, 1.165) is 44.5 Å². The Morgan fingerprint density at radius 1 is 1.12 bits per heavy atom. The number of rotatable bonds is 10. The minimum Gasteiger partial charge on any atom is -0.493 e. The number of likely N-dealkylation sites (tertiary alicyclic amines) is 2. The van der Waals surface area contributed by atoms with Crippen LogP contribution in [0.15, 0.2) is 22.7 Å². The molecule has 1 amide bonds. The molecule has 1 N–H and O–H groups in total. The summed E-state index contributed by atoms with van der Waals surface area (Å²) >= 11 is 0. The summed E-state index contributed by atoms with van der Waals surface area (Å²) in [5.74, 6) is 2.50. The molecule has 1 unspecified atom stereocenters. The van der Waals surface area contributed by atoms with Gasteiger partial charge in [-0.3, -0.25) is 9.69 Å². The number of hydrogen-bond acceptors (Lipinski definition) is 8. The second-order valence-electron chi connectivity index (χ2n) is 8.85. The molecule has 0 saturated carbocycles. The highest BCUT2D eigenvalue weighted by molar-refractivity contribution is 5.78. The Kier molecular flexibility index (Phi) is 8.17. The third-order valence-corrected chi connectivity index (χ3v) is 6.49. The Morgan fingerprint density at radius 2 is 1.91 bits per heavy atom. The molecule has 0 radical (unpaired) electrons. The van der Waals surface area contributed by atoms with Crippen LogP contribution in [-0.4, -0.2) is 79.3 Å². The van der Waals surface area contributed by atoms with E-state index in [2.05, 4.69) is 25.3 Å². The van der Waals surface area contributed by atoms with Crippen molar-refractivity contribution in [2.45, 2.75) is 38.6 Å². The molecule has 3 heterocycles. The SMILES string of the molecule is COc1ccc(-c2noc(CN3CCCC(C(=O)NCCCN4CCCC4)C3)n2)cc1OC. The van der Waals surface area contributed by atoms with Gasteiger partial charge in [-0.15, -0.1) is 0 Å². The largest absolute Gasteiger partial charge is 0.493 e. The first-order valence-electron chi connectivity index (χ1n) is 11.9. The monoisotopic (exact) mass is 457 g/mol. The molecule has 2 aromatic rings. The summed E-state index contributed by atoms with van der Waals surface area (Å²) in [5.41, 5.74) is 0.799. The van der Waals surface area contributed by atoms with E-state index in [1.807, 2.05) is 18.2 Å². The molecule has 2 saturated heterocycles. The van der Waals surface area contributed by atoms with Crippen LogP contribution in [-0.2, 0) is 11.3 Å². The molecule has 33 heavy (non-hydrogen) atoms. The summed E-state index contributed by atoms with van der Waals surface area (Å²) in [4.78, 5) is 21.9. The van der Waals surface area contributed by atoms with Gasteiger partial charge < -0.3 is 24.2 Å². The number of carbonyl (C=O) groups excluding carboxylic acids is 1. The lowest BCUT2D eigenvalue weighted by Gasteiger charge is -2.30. The number of ether oxygens (including phenoxy) is 2. The summed E-state index contributed by atoms with van der Waals surface area (Å²) in [6.07, 6.45) is 5.54. The number of carbonyl (C=O) groups is 1. The number of nitrogens with one attached hydrogen (secondary N) is 1. The molecule has 9 nitrogen and oxygen atoms in total. The molecule has 2 aliphatic heterocycles. The van der Waals surface area contributed by atoms with Crippen molar-refractivity contribution in [2.75, 3.05) is 53.5 Å². The van der Waals surface area contributed by atoms with Gasteiger partial charge in [0, 0.05) is 18.7 Å². The zero-order valence-corrected chi connectivity index (χ0v) is 19.7. The fraction of sp³-hybridized carbons (Fsp3) is 0.625. The van der Waals surface area contributed by atoms with Gasteiger partial charge in [0.1, 0.15) is 0 Å². The fourth-order valence-corrected chi connectivity index (χ4v) is 4.68. The van der Waals surface area contributed by atoms with Crippen molar-refractivity contribution >= 4 is 5.91 Å². The number of aromatic nitrogens is 2. The van der Waals surface area contributed by atoms with Gasteiger partial charge in [-0.2, -0.15) is 4.98 Å². The van der Waals surface area contributed by atoms with Crippen molar-refractivity contribution in [1.82, 2.24) is 25.3 Å². The smallest absolute Gasteiger partial charge is 0.241 e. The van der Waals surface area contributed by atoms with Crippen molar-refractivity contribution in [3.8, 4) is 22.9 Å². The van der Waals surface area contributed by atoms with Gasteiger partial charge in [0.2, 0.25) is 17.6 Å². The second kappa shape index (κ2) is 11.5. The third-order valence-electron chi connectivity index (χ3n) is 6.49. The van der Waals surface area contributed by atoms with Gasteiger partial charge >= 0.3 is 0 Å².